The number of hydrogen-bond acceptors (Lipinski definition) is 5. The maximum absolute atomic E-state index is 10.4. The van der Waals surface area contributed by atoms with E-state index in [4.69, 9.17) is 9.47 Å². The second-order valence-corrected chi connectivity index (χ2v) is 6.71. The third-order valence-electron chi connectivity index (χ3n) is 5.11. The lowest BCUT2D eigenvalue weighted by molar-refractivity contribution is 0.331. The molecular formula is C20H23NO4. The number of ether oxygens (including phenoxy) is 2. The summed E-state index contributed by atoms with van der Waals surface area (Å²) in [6.45, 7) is 2.21. The standard InChI is InChI=1S/C20H23NO4/c1-24-20-16(22)12-14-6-5-13-11-15(21-9-3-2-4-10-21)7-8-17(13)25-19(14)18(20)23/h7-8,11-12,22-23H,2-6,9-10H2,1H3. The highest BCUT2D eigenvalue weighted by molar-refractivity contribution is 5.64. The fraction of sp³-hybridized carbons (Fsp3) is 0.400. The minimum absolute atomic E-state index is 0.0483. The number of aromatic hydroxyl groups is 2. The predicted molar refractivity (Wildman–Crippen MR) is 96.3 cm³/mol. The summed E-state index contributed by atoms with van der Waals surface area (Å²) >= 11 is 0. The third kappa shape index (κ3) is 2.84. The lowest BCUT2D eigenvalue weighted by Crippen LogP contribution is -2.29. The van der Waals surface area contributed by atoms with Crippen LogP contribution < -0.4 is 14.4 Å². The van der Waals surface area contributed by atoms with Gasteiger partial charge in [0, 0.05) is 24.3 Å². The molecule has 0 aromatic heterocycles. The molecule has 132 valence electrons. The summed E-state index contributed by atoms with van der Waals surface area (Å²) < 4.78 is 11.1. The Hall–Kier alpha value is -2.56. The van der Waals surface area contributed by atoms with Crippen molar-refractivity contribution in [1.29, 1.82) is 0 Å². The summed E-state index contributed by atoms with van der Waals surface area (Å²) in [5.74, 6) is 0.960. The third-order valence-corrected chi connectivity index (χ3v) is 5.11. The smallest absolute Gasteiger partial charge is 0.206 e. The number of hydrogen-bond donors (Lipinski definition) is 2. The van der Waals surface area contributed by atoms with Crippen LogP contribution in [0.1, 0.15) is 30.4 Å². The molecule has 0 radical (unpaired) electrons. The second-order valence-electron chi connectivity index (χ2n) is 6.71. The largest absolute Gasteiger partial charge is 0.504 e. The molecule has 0 spiro atoms. The Labute approximate surface area is 147 Å². The monoisotopic (exact) mass is 341 g/mol. The van der Waals surface area contributed by atoms with E-state index in [1.165, 1.54) is 32.1 Å². The Morgan fingerprint density at radius 1 is 1.00 bits per heavy atom. The number of aryl methyl sites for hydroxylation is 2. The number of benzene rings is 2. The first-order chi connectivity index (χ1) is 12.2. The van der Waals surface area contributed by atoms with Crippen molar-refractivity contribution in [1.82, 2.24) is 0 Å². The molecule has 0 unspecified atom stereocenters. The van der Waals surface area contributed by atoms with Crippen LogP contribution in [-0.2, 0) is 12.8 Å². The number of piperidine rings is 1. The van der Waals surface area contributed by atoms with Crippen LogP contribution in [0.25, 0.3) is 0 Å². The number of phenolic OH excluding ortho intramolecular Hbond substituents is 2. The van der Waals surface area contributed by atoms with Crippen molar-refractivity contribution >= 4 is 5.69 Å². The van der Waals surface area contributed by atoms with Crippen LogP contribution in [0.4, 0.5) is 5.69 Å². The molecule has 0 aliphatic carbocycles. The van der Waals surface area contributed by atoms with E-state index in [1.54, 1.807) is 6.07 Å². The zero-order valence-corrected chi connectivity index (χ0v) is 14.4. The Balaban J connectivity index is 1.69. The van der Waals surface area contributed by atoms with Crippen molar-refractivity contribution < 1.29 is 19.7 Å². The maximum Gasteiger partial charge on any atom is 0.206 e. The summed E-state index contributed by atoms with van der Waals surface area (Å²) in [7, 11) is 1.41. The van der Waals surface area contributed by atoms with Crippen molar-refractivity contribution in [2.75, 3.05) is 25.1 Å². The minimum Gasteiger partial charge on any atom is -0.504 e. The van der Waals surface area contributed by atoms with Gasteiger partial charge in [0.2, 0.25) is 11.5 Å². The van der Waals surface area contributed by atoms with Gasteiger partial charge in [-0.2, -0.15) is 0 Å². The van der Waals surface area contributed by atoms with Gasteiger partial charge in [0.05, 0.1) is 7.11 Å². The van der Waals surface area contributed by atoms with Crippen molar-refractivity contribution in [2.24, 2.45) is 0 Å². The van der Waals surface area contributed by atoms with Crippen molar-refractivity contribution in [2.45, 2.75) is 32.1 Å². The average Bonchev–Trinajstić information content (AvgIpc) is 2.82. The van der Waals surface area contributed by atoms with Crippen LogP contribution in [0, 0.1) is 0 Å². The SMILES string of the molecule is COc1c(O)cc2c(c1O)Oc1ccc(N3CCCCC3)cc1CC2. The fourth-order valence-electron chi connectivity index (χ4n) is 3.76. The van der Waals surface area contributed by atoms with Gasteiger partial charge in [-0.15, -0.1) is 0 Å². The molecule has 2 aliphatic heterocycles. The lowest BCUT2D eigenvalue weighted by atomic mass is 10.0. The molecular weight excluding hydrogens is 318 g/mol. The first kappa shape index (κ1) is 15.9. The summed E-state index contributed by atoms with van der Waals surface area (Å²) in [6, 6.07) is 7.88. The van der Waals surface area contributed by atoms with Gasteiger partial charge in [0.25, 0.3) is 0 Å². The molecule has 2 heterocycles. The molecule has 4 rings (SSSR count). The fourth-order valence-corrected chi connectivity index (χ4v) is 3.76. The van der Waals surface area contributed by atoms with Crippen LogP contribution in [0.3, 0.4) is 0 Å². The summed E-state index contributed by atoms with van der Waals surface area (Å²) in [4.78, 5) is 2.42. The second kappa shape index (κ2) is 6.39. The summed E-state index contributed by atoms with van der Waals surface area (Å²) in [5, 5.41) is 20.4. The van der Waals surface area contributed by atoms with Gasteiger partial charge < -0.3 is 24.6 Å². The lowest BCUT2D eigenvalue weighted by Gasteiger charge is -2.29. The molecule has 5 heteroatoms. The topological polar surface area (TPSA) is 62.2 Å². The molecule has 2 aromatic rings. The van der Waals surface area contributed by atoms with Gasteiger partial charge in [-0.25, -0.2) is 0 Å². The zero-order chi connectivity index (χ0) is 17.4. The van der Waals surface area contributed by atoms with Crippen molar-refractivity contribution in [3.05, 3.63) is 35.4 Å². The number of methoxy groups -OCH3 is 1. The molecule has 1 saturated heterocycles. The highest BCUT2D eigenvalue weighted by atomic mass is 16.5. The number of anilines is 1. The Morgan fingerprint density at radius 3 is 2.52 bits per heavy atom. The van der Waals surface area contributed by atoms with E-state index in [1.807, 2.05) is 6.07 Å². The normalized spacial score (nSPS) is 16.4. The Morgan fingerprint density at radius 2 is 1.76 bits per heavy atom. The quantitative estimate of drug-likeness (QED) is 0.865. The number of phenols is 2. The highest BCUT2D eigenvalue weighted by Gasteiger charge is 2.24. The highest BCUT2D eigenvalue weighted by Crippen LogP contribution is 2.49. The summed E-state index contributed by atoms with van der Waals surface area (Å²) in [6.07, 6.45) is 5.29. The summed E-state index contributed by atoms with van der Waals surface area (Å²) in [5.41, 5.74) is 3.14. The molecule has 0 atom stereocenters. The van der Waals surface area contributed by atoms with E-state index >= 15 is 0 Å². The molecule has 2 aliphatic rings. The average molecular weight is 341 g/mol. The molecule has 25 heavy (non-hydrogen) atoms. The van der Waals surface area contributed by atoms with Crippen LogP contribution >= 0.6 is 0 Å². The van der Waals surface area contributed by atoms with E-state index in [0.29, 0.717) is 12.2 Å². The van der Waals surface area contributed by atoms with Crippen molar-refractivity contribution in [3.63, 3.8) is 0 Å². The van der Waals surface area contributed by atoms with Crippen LogP contribution in [0.5, 0.6) is 28.7 Å². The van der Waals surface area contributed by atoms with Gasteiger partial charge in [0.1, 0.15) is 5.75 Å². The molecule has 0 amide bonds. The molecule has 2 aromatic carbocycles. The zero-order valence-electron chi connectivity index (χ0n) is 14.4. The van der Waals surface area contributed by atoms with E-state index in [9.17, 15) is 10.2 Å². The van der Waals surface area contributed by atoms with Gasteiger partial charge in [-0.05, 0) is 61.9 Å². The minimum atomic E-state index is -0.148. The molecule has 5 nitrogen and oxygen atoms in total. The first-order valence-corrected chi connectivity index (χ1v) is 8.85. The number of fused-ring (bicyclic) bond motifs is 2. The van der Waals surface area contributed by atoms with Crippen LogP contribution in [0.2, 0.25) is 0 Å². The number of rotatable bonds is 2. The predicted octanol–water partition coefficient (Wildman–Crippen LogP) is 3.99. The molecule has 2 N–H and O–H groups in total. The molecule has 0 saturated carbocycles. The van der Waals surface area contributed by atoms with Crippen molar-refractivity contribution in [3.8, 4) is 28.7 Å². The maximum atomic E-state index is 10.4. The van der Waals surface area contributed by atoms with Gasteiger partial charge >= 0.3 is 0 Å². The van der Waals surface area contributed by atoms with Crippen LogP contribution in [0.15, 0.2) is 24.3 Å². The van der Waals surface area contributed by atoms with E-state index in [0.717, 1.165) is 36.4 Å². The van der Waals surface area contributed by atoms with Gasteiger partial charge in [-0.3, -0.25) is 0 Å². The van der Waals surface area contributed by atoms with Gasteiger partial charge in [-0.1, -0.05) is 0 Å². The Bertz CT molecular complexity index is 797. The van der Waals surface area contributed by atoms with E-state index < -0.39 is 0 Å². The number of nitrogens with zero attached hydrogens (tertiary/aromatic N) is 1. The van der Waals surface area contributed by atoms with Gasteiger partial charge in [0.15, 0.2) is 11.5 Å². The molecule has 1 fully saturated rings. The van der Waals surface area contributed by atoms with E-state index in [2.05, 4.69) is 17.0 Å². The first-order valence-electron chi connectivity index (χ1n) is 8.85. The van der Waals surface area contributed by atoms with E-state index in [-0.39, 0.29) is 17.2 Å². The Kier molecular flexibility index (Phi) is 4.07. The van der Waals surface area contributed by atoms with Crippen LogP contribution in [-0.4, -0.2) is 30.4 Å². The molecule has 0 bridgehead atoms.